The molecule has 0 saturated carbocycles. The maximum atomic E-state index is 2.40. The van der Waals surface area contributed by atoms with Gasteiger partial charge in [-0.05, 0) is 103 Å². The molecule has 206 valence electrons. The summed E-state index contributed by atoms with van der Waals surface area (Å²) in [6.07, 6.45) is 0. The van der Waals surface area contributed by atoms with Crippen molar-refractivity contribution in [2.45, 2.75) is 9.79 Å². The van der Waals surface area contributed by atoms with Crippen molar-refractivity contribution in [2.75, 3.05) is 4.90 Å². The Morgan fingerprint density at radius 3 is 1.39 bits per heavy atom. The second kappa shape index (κ2) is 10.2. The first kappa shape index (κ1) is 25.2. The molecule has 2 heteroatoms. The largest absolute Gasteiger partial charge is 0.308 e. The molecule has 0 unspecified atom stereocenters. The Hall–Kier alpha value is -5.31. The third kappa shape index (κ3) is 4.03. The highest BCUT2D eigenvalue weighted by Gasteiger charge is 2.24. The van der Waals surface area contributed by atoms with Gasteiger partial charge in [-0.2, -0.15) is 0 Å². The van der Waals surface area contributed by atoms with Crippen LogP contribution in [-0.4, -0.2) is 0 Å². The fraction of sp³-hybridized carbons (Fsp3) is 0. The maximum absolute atomic E-state index is 2.40. The first-order chi connectivity index (χ1) is 21.8. The van der Waals surface area contributed by atoms with Gasteiger partial charge >= 0.3 is 0 Å². The van der Waals surface area contributed by atoms with E-state index in [9.17, 15) is 0 Å². The summed E-state index contributed by atoms with van der Waals surface area (Å²) in [5.74, 6) is 0. The topological polar surface area (TPSA) is 3.24 Å². The van der Waals surface area contributed by atoms with E-state index in [-0.39, 0.29) is 0 Å². The third-order valence-corrected chi connectivity index (χ3v) is 9.94. The van der Waals surface area contributed by atoms with Crippen LogP contribution in [-0.2, 0) is 0 Å². The molecule has 1 aliphatic rings. The molecule has 0 atom stereocenters. The van der Waals surface area contributed by atoms with Gasteiger partial charge in [0.05, 0.1) is 11.4 Å². The van der Waals surface area contributed by atoms with E-state index in [1.54, 1.807) is 0 Å². The van der Waals surface area contributed by atoms with Crippen LogP contribution >= 0.6 is 11.8 Å². The minimum absolute atomic E-state index is 1.16. The molecule has 0 bridgehead atoms. The number of hydrogen-bond donors (Lipinski definition) is 0. The zero-order valence-electron chi connectivity index (χ0n) is 23.9. The molecule has 1 aliphatic heterocycles. The van der Waals surface area contributed by atoms with Crippen molar-refractivity contribution in [3.8, 4) is 22.3 Å². The summed E-state index contributed by atoms with van der Waals surface area (Å²) in [5.41, 5.74) is 8.47. The highest BCUT2D eigenvalue weighted by molar-refractivity contribution is 7.99. The van der Waals surface area contributed by atoms with E-state index in [1.165, 1.54) is 75.7 Å². The average Bonchev–Trinajstić information content (AvgIpc) is 3.10. The molecular formula is C42H27NS. The Morgan fingerprint density at radius 1 is 0.318 bits per heavy atom. The van der Waals surface area contributed by atoms with Gasteiger partial charge in [0.2, 0.25) is 0 Å². The van der Waals surface area contributed by atoms with Crippen molar-refractivity contribution < 1.29 is 0 Å². The van der Waals surface area contributed by atoms with Crippen molar-refractivity contribution in [1.82, 2.24) is 0 Å². The summed E-state index contributed by atoms with van der Waals surface area (Å²) in [7, 11) is 0. The van der Waals surface area contributed by atoms with E-state index in [1.807, 2.05) is 11.8 Å². The van der Waals surface area contributed by atoms with Crippen molar-refractivity contribution in [3.05, 3.63) is 164 Å². The predicted molar refractivity (Wildman–Crippen MR) is 189 cm³/mol. The van der Waals surface area contributed by atoms with Crippen LogP contribution in [0.3, 0.4) is 0 Å². The molecule has 0 saturated heterocycles. The Kier molecular flexibility index (Phi) is 5.82. The van der Waals surface area contributed by atoms with Gasteiger partial charge in [-0.25, -0.2) is 0 Å². The fourth-order valence-corrected chi connectivity index (χ4v) is 7.83. The molecule has 1 heterocycles. The first-order valence-corrected chi connectivity index (χ1v) is 15.8. The van der Waals surface area contributed by atoms with E-state index in [2.05, 4.69) is 169 Å². The smallest absolute Gasteiger partial charge is 0.0601 e. The number of hydrogen-bond acceptors (Lipinski definition) is 2. The van der Waals surface area contributed by atoms with Crippen LogP contribution in [0.1, 0.15) is 0 Å². The van der Waals surface area contributed by atoms with Crippen LogP contribution in [0.15, 0.2) is 174 Å². The van der Waals surface area contributed by atoms with Crippen molar-refractivity contribution in [1.29, 1.82) is 0 Å². The lowest BCUT2D eigenvalue weighted by Gasteiger charge is -2.33. The third-order valence-electron chi connectivity index (χ3n) is 8.81. The highest BCUT2D eigenvalue weighted by atomic mass is 32.2. The zero-order chi connectivity index (χ0) is 29.0. The number of rotatable bonds is 3. The fourth-order valence-electron chi connectivity index (χ4n) is 6.77. The monoisotopic (exact) mass is 577 g/mol. The van der Waals surface area contributed by atoms with E-state index in [0.29, 0.717) is 0 Å². The van der Waals surface area contributed by atoms with E-state index in [4.69, 9.17) is 0 Å². The molecule has 0 aromatic heterocycles. The number of anilines is 3. The van der Waals surface area contributed by atoms with E-state index < -0.39 is 0 Å². The van der Waals surface area contributed by atoms with Crippen LogP contribution < -0.4 is 4.90 Å². The van der Waals surface area contributed by atoms with Crippen molar-refractivity contribution in [2.24, 2.45) is 0 Å². The summed E-state index contributed by atoms with van der Waals surface area (Å²) in [5, 5.41) is 7.81. The second-order valence-corrected chi connectivity index (χ2v) is 12.4. The molecule has 0 amide bonds. The summed E-state index contributed by atoms with van der Waals surface area (Å²) in [4.78, 5) is 4.94. The number of fused-ring (bicyclic) bond motifs is 8. The normalized spacial score (nSPS) is 12.4. The Labute approximate surface area is 261 Å². The van der Waals surface area contributed by atoms with Crippen molar-refractivity contribution >= 4 is 61.1 Å². The van der Waals surface area contributed by atoms with Crippen LogP contribution in [0.5, 0.6) is 0 Å². The SMILES string of the molecule is c1cc(-c2cccc(N3c4ccccc4Sc4ccccc43)c2)cc(-c2ccc3c4ccccc4c4ccccc4c3c2)c1. The van der Waals surface area contributed by atoms with Crippen LogP contribution in [0, 0.1) is 0 Å². The zero-order valence-corrected chi connectivity index (χ0v) is 24.8. The van der Waals surface area contributed by atoms with Gasteiger partial charge in [-0.3, -0.25) is 0 Å². The summed E-state index contributed by atoms with van der Waals surface area (Å²) in [6.45, 7) is 0. The predicted octanol–water partition coefficient (Wildman–Crippen LogP) is 12.4. The number of benzene rings is 8. The van der Waals surface area contributed by atoms with Gasteiger partial charge in [0.25, 0.3) is 0 Å². The molecule has 1 nitrogen and oxygen atoms in total. The van der Waals surface area contributed by atoms with Gasteiger partial charge in [0.1, 0.15) is 0 Å². The summed E-state index contributed by atoms with van der Waals surface area (Å²) in [6, 6.07) is 59.8. The van der Waals surface area contributed by atoms with Gasteiger partial charge < -0.3 is 4.90 Å². The molecule has 8 aromatic rings. The lowest BCUT2D eigenvalue weighted by atomic mass is 9.91. The molecule has 0 fully saturated rings. The van der Waals surface area contributed by atoms with Gasteiger partial charge in [0, 0.05) is 15.5 Å². The number of para-hydroxylation sites is 2. The minimum atomic E-state index is 1.16. The molecule has 0 radical (unpaired) electrons. The van der Waals surface area contributed by atoms with Gasteiger partial charge in [0.15, 0.2) is 0 Å². The maximum Gasteiger partial charge on any atom is 0.0601 e. The van der Waals surface area contributed by atoms with E-state index >= 15 is 0 Å². The Balaban J connectivity index is 1.16. The lowest BCUT2D eigenvalue weighted by molar-refractivity contribution is 1.17. The molecule has 0 spiro atoms. The van der Waals surface area contributed by atoms with Crippen LogP contribution in [0.4, 0.5) is 17.1 Å². The quantitative estimate of drug-likeness (QED) is 0.192. The first-order valence-electron chi connectivity index (χ1n) is 15.0. The second-order valence-electron chi connectivity index (χ2n) is 11.4. The van der Waals surface area contributed by atoms with Crippen LogP contribution in [0.25, 0.3) is 54.6 Å². The van der Waals surface area contributed by atoms with Gasteiger partial charge in [-0.1, -0.05) is 127 Å². The number of nitrogens with zero attached hydrogens (tertiary/aromatic N) is 1. The van der Waals surface area contributed by atoms with Crippen LogP contribution in [0.2, 0.25) is 0 Å². The molecule has 0 aliphatic carbocycles. The summed E-state index contributed by atoms with van der Waals surface area (Å²) < 4.78 is 0. The standard InChI is InChI=1S/C42H27NS/c1-2-17-35-33(15-1)34-16-3-4-18-36(34)38-27-31(23-24-37(35)38)29-12-9-11-28(25-29)30-13-10-14-32(26-30)43-39-19-5-7-21-41(39)44-42-22-8-6-20-40(42)43/h1-27H. The Morgan fingerprint density at radius 2 is 0.773 bits per heavy atom. The Bertz CT molecular complexity index is 2310. The molecular weight excluding hydrogens is 551 g/mol. The molecule has 8 aromatic carbocycles. The van der Waals surface area contributed by atoms with Crippen molar-refractivity contribution in [3.63, 3.8) is 0 Å². The molecule has 44 heavy (non-hydrogen) atoms. The average molecular weight is 578 g/mol. The minimum Gasteiger partial charge on any atom is -0.308 e. The summed E-state index contributed by atoms with van der Waals surface area (Å²) >= 11 is 1.84. The molecule has 9 rings (SSSR count). The molecule has 0 N–H and O–H groups in total. The lowest BCUT2D eigenvalue weighted by Crippen LogP contribution is -2.14. The van der Waals surface area contributed by atoms with Gasteiger partial charge in [-0.15, -0.1) is 0 Å². The highest BCUT2D eigenvalue weighted by Crippen LogP contribution is 2.51. The van der Waals surface area contributed by atoms with E-state index in [0.717, 1.165) is 5.69 Å².